The average Bonchev–Trinajstić information content (AvgIpc) is 3.47. The van der Waals surface area contributed by atoms with E-state index in [0.29, 0.717) is 46.3 Å². The van der Waals surface area contributed by atoms with E-state index in [2.05, 4.69) is 4.98 Å². The van der Waals surface area contributed by atoms with Gasteiger partial charge in [-0.3, -0.25) is 19.3 Å². The fourth-order valence-electron chi connectivity index (χ4n) is 3.94. The topological polar surface area (TPSA) is 81.5 Å². The number of ketones is 1. The molecule has 0 bridgehead atoms. The van der Waals surface area contributed by atoms with Gasteiger partial charge in [-0.2, -0.15) is 0 Å². The minimum absolute atomic E-state index is 0.0371. The molecule has 1 aliphatic heterocycles. The molecule has 1 saturated heterocycles. The Morgan fingerprint density at radius 3 is 2.70 bits per heavy atom. The number of aryl methyl sites for hydroxylation is 2. The van der Waals surface area contributed by atoms with Crippen molar-refractivity contribution >= 4 is 34.1 Å². The van der Waals surface area contributed by atoms with Crippen LogP contribution in [0.2, 0.25) is 0 Å². The lowest BCUT2D eigenvalue weighted by atomic mass is 10.1. The average molecular weight is 470 g/mol. The number of Topliss-reactive ketones (excluding diaryl/α,β-unsaturated/α-hetero) is 1. The molecule has 1 aromatic carbocycles. The number of rotatable bonds is 7. The van der Waals surface area contributed by atoms with Gasteiger partial charge in [-0.05, 0) is 51.0 Å². The summed E-state index contributed by atoms with van der Waals surface area (Å²) < 4.78 is 21.0. The summed E-state index contributed by atoms with van der Waals surface area (Å²) in [5, 5.41) is 2.30. The quantitative estimate of drug-likeness (QED) is 0.385. The second kappa shape index (κ2) is 9.27. The van der Waals surface area contributed by atoms with E-state index in [-0.39, 0.29) is 23.9 Å². The Labute approximate surface area is 194 Å². The number of benzene rings is 1. The van der Waals surface area contributed by atoms with Crippen molar-refractivity contribution in [2.24, 2.45) is 0 Å². The summed E-state index contributed by atoms with van der Waals surface area (Å²) in [7, 11) is 0. The van der Waals surface area contributed by atoms with E-state index in [1.54, 1.807) is 46.9 Å². The summed E-state index contributed by atoms with van der Waals surface area (Å²) in [5.74, 6) is -1.18. The number of hydrogen-bond donors (Lipinski definition) is 0. The van der Waals surface area contributed by atoms with Crippen LogP contribution in [0.1, 0.15) is 45.8 Å². The number of esters is 1. The van der Waals surface area contributed by atoms with E-state index in [0.717, 1.165) is 12.1 Å². The van der Waals surface area contributed by atoms with Crippen molar-refractivity contribution in [3.05, 3.63) is 63.7 Å². The number of carbonyl (C=O) groups excluding carboxylic acids is 3. The highest BCUT2D eigenvalue weighted by atomic mass is 32.1. The first-order valence-corrected chi connectivity index (χ1v) is 11.5. The van der Waals surface area contributed by atoms with E-state index in [1.165, 1.54) is 17.4 Å². The number of halogens is 1. The molecule has 0 radical (unpaired) electrons. The summed E-state index contributed by atoms with van der Waals surface area (Å²) >= 11 is 1.31. The molecule has 9 heteroatoms. The van der Waals surface area contributed by atoms with E-state index in [4.69, 9.17) is 4.74 Å². The van der Waals surface area contributed by atoms with E-state index in [1.807, 2.05) is 6.92 Å². The monoisotopic (exact) mass is 469 g/mol. The van der Waals surface area contributed by atoms with E-state index < -0.39 is 12.6 Å². The van der Waals surface area contributed by atoms with Crippen molar-refractivity contribution in [1.29, 1.82) is 0 Å². The van der Waals surface area contributed by atoms with Crippen LogP contribution < -0.4 is 4.90 Å². The lowest BCUT2D eigenvalue weighted by Gasteiger charge is -2.11. The van der Waals surface area contributed by atoms with Gasteiger partial charge in [-0.15, -0.1) is 11.3 Å². The zero-order chi connectivity index (χ0) is 23.7. The molecule has 1 aliphatic rings. The second-order valence-electron chi connectivity index (χ2n) is 8.08. The van der Waals surface area contributed by atoms with Gasteiger partial charge in [-0.25, -0.2) is 9.37 Å². The summed E-state index contributed by atoms with van der Waals surface area (Å²) in [6.07, 6.45) is 1.24. The first kappa shape index (κ1) is 22.8. The van der Waals surface area contributed by atoms with Gasteiger partial charge in [0.15, 0.2) is 11.7 Å². The standard InChI is InChI=1S/C24H24FN3O4S/c1-14-6-7-18(11-20(14)25)28-15(2)9-19(16(28)3)21(29)12-32-23(31)10-17-13-33-24(26-17)27-8-4-5-22(27)30/h6-7,9,11,13H,4-5,8,10,12H2,1-3H3. The molecule has 4 rings (SSSR count). The van der Waals surface area contributed by atoms with Crippen LogP contribution in [0, 0.1) is 26.6 Å². The van der Waals surface area contributed by atoms with Crippen LogP contribution in [-0.2, 0) is 20.7 Å². The van der Waals surface area contributed by atoms with Crippen LogP contribution in [0.3, 0.4) is 0 Å². The SMILES string of the molecule is Cc1ccc(-n2c(C)cc(C(=O)COC(=O)Cc3csc(N4CCCC4=O)n3)c2C)cc1F. The molecule has 0 atom stereocenters. The number of hydrogen-bond acceptors (Lipinski definition) is 6. The number of anilines is 1. The number of thiazole rings is 1. The van der Waals surface area contributed by atoms with Gasteiger partial charge in [0, 0.05) is 41.0 Å². The van der Waals surface area contributed by atoms with Gasteiger partial charge in [0.25, 0.3) is 0 Å². The Bertz CT molecular complexity index is 1250. The first-order valence-electron chi connectivity index (χ1n) is 10.6. The third-order valence-electron chi connectivity index (χ3n) is 5.68. The number of carbonyl (C=O) groups is 3. The summed E-state index contributed by atoms with van der Waals surface area (Å²) in [4.78, 5) is 42.8. The van der Waals surface area contributed by atoms with E-state index in [9.17, 15) is 18.8 Å². The number of ether oxygens (including phenoxy) is 1. The smallest absolute Gasteiger partial charge is 0.312 e. The van der Waals surface area contributed by atoms with E-state index >= 15 is 0 Å². The Hall–Kier alpha value is -3.33. The van der Waals surface area contributed by atoms with Crippen LogP contribution in [0.4, 0.5) is 9.52 Å². The van der Waals surface area contributed by atoms with Gasteiger partial charge < -0.3 is 9.30 Å². The Morgan fingerprint density at radius 2 is 2.00 bits per heavy atom. The molecule has 0 aliphatic carbocycles. The second-order valence-corrected chi connectivity index (χ2v) is 8.92. The number of amides is 1. The number of nitrogens with zero attached hydrogens (tertiary/aromatic N) is 3. The molecule has 3 aromatic rings. The Balaban J connectivity index is 1.39. The number of aromatic nitrogens is 2. The van der Waals surface area contributed by atoms with Crippen molar-refractivity contribution in [3.8, 4) is 5.69 Å². The molecule has 172 valence electrons. The maximum Gasteiger partial charge on any atom is 0.312 e. The van der Waals surface area contributed by atoms with Crippen LogP contribution in [0.5, 0.6) is 0 Å². The molecule has 2 aromatic heterocycles. The lowest BCUT2D eigenvalue weighted by molar-refractivity contribution is -0.141. The van der Waals surface area contributed by atoms with Crippen molar-refractivity contribution < 1.29 is 23.5 Å². The lowest BCUT2D eigenvalue weighted by Crippen LogP contribution is -2.23. The van der Waals surface area contributed by atoms with Crippen molar-refractivity contribution in [1.82, 2.24) is 9.55 Å². The van der Waals surface area contributed by atoms with Crippen molar-refractivity contribution in [2.45, 2.75) is 40.0 Å². The summed E-state index contributed by atoms with van der Waals surface area (Å²) in [6, 6.07) is 6.63. The van der Waals surface area contributed by atoms with Gasteiger partial charge in [0.05, 0.1) is 12.1 Å². The van der Waals surface area contributed by atoms with Gasteiger partial charge >= 0.3 is 5.97 Å². The molecule has 0 spiro atoms. The van der Waals surface area contributed by atoms with Crippen LogP contribution in [0.15, 0.2) is 29.6 Å². The first-order chi connectivity index (χ1) is 15.7. The maximum atomic E-state index is 14.0. The highest BCUT2D eigenvalue weighted by Crippen LogP contribution is 2.26. The van der Waals surface area contributed by atoms with Crippen LogP contribution >= 0.6 is 11.3 Å². The molecular formula is C24H24FN3O4S. The molecule has 1 fully saturated rings. The van der Waals surface area contributed by atoms with Crippen molar-refractivity contribution in [3.63, 3.8) is 0 Å². The molecule has 0 N–H and O–H groups in total. The predicted molar refractivity (Wildman–Crippen MR) is 123 cm³/mol. The van der Waals surface area contributed by atoms with Crippen LogP contribution in [0.25, 0.3) is 5.69 Å². The highest BCUT2D eigenvalue weighted by molar-refractivity contribution is 7.14. The molecule has 33 heavy (non-hydrogen) atoms. The zero-order valence-corrected chi connectivity index (χ0v) is 19.5. The normalized spacial score (nSPS) is 13.6. The zero-order valence-electron chi connectivity index (χ0n) is 18.7. The molecular weight excluding hydrogens is 445 g/mol. The van der Waals surface area contributed by atoms with Crippen molar-refractivity contribution in [2.75, 3.05) is 18.1 Å². The van der Waals surface area contributed by atoms with Gasteiger partial charge in [-0.1, -0.05) is 6.07 Å². The Kier molecular flexibility index (Phi) is 6.42. The molecule has 0 unspecified atom stereocenters. The predicted octanol–water partition coefficient (Wildman–Crippen LogP) is 4.09. The fourth-order valence-corrected chi connectivity index (χ4v) is 4.81. The molecule has 3 heterocycles. The largest absolute Gasteiger partial charge is 0.457 e. The highest BCUT2D eigenvalue weighted by Gasteiger charge is 2.25. The maximum absolute atomic E-state index is 14.0. The molecule has 7 nitrogen and oxygen atoms in total. The minimum atomic E-state index is -0.567. The summed E-state index contributed by atoms with van der Waals surface area (Å²) in [6.45, 7) is 5.54. The van der Waals surface area contributed by atoms with Crippen LogP contribution in [-0.4, -0.2) is 40.4 Å². The Morgan fingerprint density at radius 1 is 1.21 bits per heavy atom. The summed E-state index contributed by atoms with van der Waals surface area (Å²) in [5.41, 5.74) is 3.52. The third kappa shape index (κ3) is 4.73. The van der Waals surface area contributed by atoms with Gasteiger partial charge in [0.2, 0.25) is 11.7 Å². The third-order valence-corrected chi connectivity index (χ3v) is 6.59. The molecule has 0 saturated carbocycles. The minimum Gasteiger partial charge on any atom is -0.457 e. The molecule has 1 amide bonds. The fraction of sp³-hybridized carbons (Fsp3) is 0.333. The van der Waals surface area contributed by atoms with Gasteiger partial charge in [0.1, 0.15) is 5.82 Å².